The first-order chi connectivity index (χ1) is 8.95. The number of carboxylic acid groups (broad SMARTS) is 1. The number of rotatable bonds is 7. The zero-order valence-corrected chi connectivity index (χ0v) is 12.2. The summed E-state index contributed by atoms with van der Waals surface area (Å²) in [6.45, 7) is 2.85. The summed E-state index contributed by atoms with van der Waals surface area (Å²) in [6, 6.07) is 1.71. The smallest absolute Gasteiger partial charge is 0.332 e. The van der Waals surface area contributed by atoms with Crippen LogP contribution >= 0.6 is 15.9 Å². The van der Waals surface area contributed by atoms with E-state index >= 15 is 0 Å². The lowest BCUT2D eigenvalue weighted by Gasteiger charge is -2.09. The molecule has 1 aromatic rings. The van der Waals surface area contributed by atoms with Crippen molar-refractivity contribution < 1.29 is 19.8 Å². The Labute approximate surface area is 119 Å². The zero-order valence-electron chi connectivity index (χ0n) is 10.6. The molecule has 0 spiro atoms. The number of hydrogen-bond acceptors (Lipinski definition) is 3. The number of aliphatic carboxylic acids is 1. The van der Waals surface area contributed by atoms with E-state index in [1.165, 1.54) is 0 Å². The highest BCUT2D eigenvalue weighted by molar-refractivity contribution is 9.10. The van der Waals surface area contributed by atoms with Crippen LogP contribution in [0.2, 0.25) is 0 Å². The molecule has 3 N–H and O–H groups in total. The molecule has 6 nitrogen and oxygen atoms in total. The Bertz CT molecular complexity index is 459. The van der Waals surface area contributed by atoms with Gasteiger partial charge in [-0.15, -0.1) is 0 Å². The first-order valence-corrected chi connectivity index (χ1v) is 6.79. The number of nitrogens with one attached hydrogen (secondary N) is 1. The van der Waals surface area contributed by atoms with Crippen molar-refractivity contribution in [3.8, 4) is 0 Å². The van der Waals surface area contributed by atoms with Crippen LogP contribution in [0.3, 0.4) is 0 Å². The molecule has 0 aliphatic rings. The maximum atomic E-state index is 11.9. The lowest BCUT2D eigenvalue weighted by Crippen LogP contribution is -2.31. The number of aromatic nitrogens is 1. The molecule has 19 heavy (non-hydrogen) atoms. The van der Waals surface area contributed by atoms with Gasteiger partial charge in [0.2, 0.25) is 0 Å². The number of hydrogen-bond donors (Lipinski definition) is 3. The third kappa shape index (κ3) is 4.68. The average Bonchev–Trinajstić information content (AvgIpc) is 2.70. The number of amides is 1. The van der Waals surface area contributed by atoms with Crippen molar-refractivity contribution in [2.24, 2.45) is 0 Å². The van der Waals surface area contributed by atoms with Gasteiger partial charge in [0.15, 0.2) is 6.10 Å². The Morgan fingerprint density at radius 3 is 2.79 bits per heavy atom. The predicted molar refractivity (Wildman–Crippen MR) is 73.0 cm³/mol. The molecule has 1 amide bonds. The summed E-state index contributed by atoms with van der Waals surface area (Å²) >= 11 is 3.31. The summed E-state index contributed by atoms with van der Waals surface area (Å²) in [6.07, 6.45) is 1.26. The van der Waals surface area contributed by atoms with E-state index in [1.807, 2.05) is 17.7 Å². The van der Waals surface area contributed by atoms with Gasteiger partial charge in [0.1, 0.15) is 5.69 Å². The summed E-state index contributed by atoms with van der Waals surface area (Å²) in [4.78, 5) is 22.3. The minimum atomic E-state index is -1.45. The molecule has 0 saturated carbocycles. The number of carbonyl (C=O) groups excluding carboxylic acids is 1. The molecule has 7 heteroatoms. The fourth-order valence-corrected chi connectivity index (χ4v) is 2.09. The molecule has 1 rings (SSSR count). The molecule has 1 aromatic heterocycles. The van der Waals surface area contributed by atoms with Crippen molar-refractivity contribution in [2.75, 3.05) is 6.54 Å². The SMILES string of the molecule is CCCn1cc(Br)cc1C(=O)NCC[C@H](O)C(=O)O. The van der Waals surface area contributed by atoms with Crippen LogP contribution in [-0.4, -0.2) is 39.3 Å². The molecule has 0 aliphatic carbocycles. The van der Waals surface area contributed by atoms with Gasteiger partial charge < -0.3 is 20.1 Å². The fraction of sp³-hybridized carbons (Fsp3) is 0.500. The highest BCUT2D eigenvalue weighted by atomic mass is 79.9. The predicted octanol–water partition coefficient (Wildman–Crippen LogP) is 1.23. The van der Waals surface area contributed by atoms with E-state index in [1.54, 1.807) is 6.07 Å². The van der Waals surface area contributed by atoms with E-state index in [0.717, 1.165) is 17.4 Å². The first kappa shape index (κ1) is 15.7. The van der Waals surface area contributed by atoms with Gasteiger partial charge in [0, 0.05) is 30.2 Å². The molecule has 0 fully saturated rings. The van der Waals surface area contributed by atoms with Gasteiger partial charge in [0.25, 0.3) is 5.91 Å². The third-order valence-electron chi connectivity index (χ3n) is 2.55. The second-order valence-electron chi connectivity index (χ2n) is 4.14. The number of carbonyl (C=O) groups is 2. The number of aliphatic hydroxyl groups excluding tert-OH is 1. The van der Waals surface area contributed by atoms with Crippen molar-refractivity contribution >= 4 is 27.8 Å². The van der Waals surface area contributed by atoms with Gasteiger partial charge in [0.05, 0.1) is 0 Å². The summed E-state index contributed by atoms with van der Waals surface area (Å²) in [5, 5.41) is 20.2. The maximum Gasteiger partial charge on any atom is 0.332 e. The molecule has 0 aromatic carbocycles. The second-order valence-corrected chi connectivity index (χ2v) is 5.05. The molecule has 0 saturated heterocycles. The Hall–Kier alpha value is -1.34. The Morgan fingerprint density at radius 1 is 1.53 bits per heavy atom. The van der Waals surface area contributed by atoms with E-state index in [4.69, 9.17) is 10.2 Å². The lowest BCUT2D eigenvalue weighted by atomic mass is 10.2. The molecular formula is C12H17BrN2O4. The van der Waals surface area contributed by atoms with E-state index in [9.17, 15) is 9.59 Å². The highest BCUT2D eigenvalue weighted by Gasteiger charge is 2.15. The summed E-state index contributed by atoms with van der Waals surface area (Å²) in [5.41, 5.74) is 0.513. The van der Waals surface area contributed by atoms with Crippen molar-refractivity contribution in [2.45, 2.75) is 32.4 Å². The first-order valence-electron chi connectivity index (χ1n) is 6.00. The Kier molecular flexibility index (Phi) is 6.04. The maximum absolute atomic E-state index is 11.9. The average molecular weight is 333 g/mol. The van der Waals surface area contributed by atoms with Gasteiger partial charge in [-0.1, -0.05) is 6.92 Å². The molecular weight excluding hydrogens is 316 g/mol. The van der Waals surface area contributed by atoms with Gasteiger partial charge in [-0.2, -0.15) is 0 Å². The highest BCUT2D eigenvalue weighted by Crippen LogP contribution is 2.15. The monoisotopic (exact) mass is 332 g/mol. The van der Waals surface area contributed by atoms with Crippen LogP contribution in [0, 0.1) is 0 Å². The molecule has 1 atom stereocenters. The fourth-order valence-electron chi connectivity index (χ4n) is 1.63. The minimum absolute atomic E-state index is 0.0171. The normalized spacial score (nSPS) is 12.2. The van der Waals surface area contributed by atoms with Crippen molar-refractivity contribution in [3.05, 3.63) is 22.4 Å². The van der Waals surface area contributed by atoms with Gasteiger partial charge in [-0.3, -0.25) is 4.79 Å². The number of aliphatic hydroxyl groups is 1. The van der Waals surface area contributed by atoms with E-state index in [2.05, 4.69) is 21.2 Å². The van der Waals surface area contributed by atoms with E-state index < -0.39 is 12.1 Å². The quantitative estimate of drug-likeness (QED) is 0.700. The van der Waals surface area contributed by atoms with Crippen LogP contribution in [0.1, 0.15) is 30.3 Å². The summed E-state index contributed by atoms with van der Waals surface area (Å²) in [7, 11) is 0. The Balaban J connectivity index is 2.56. The van der Waals surface area contributed by atoms with Gasteiger partial charge in [-0.05, 0) is 28.4 Å². The number of carboxylic acids is 1. The van der Waals surface area contributed by atoms with Crippen molar-refractivity contribution in [1.29, 1.82) is 0 Å². The molecule has 0 radical (unpaired) electrons. The summed E-state index contributed by atoms with van der Waals surface area (Å²) in [5.74, 6) is -1.57. The topological polar surface area (TPSA) is 91.6 Å². The molecule has 0 unspecified atom stereocenters. The summed E-state index contributed by atoms with van der Waals surface area (Å²) < 4.78 is 2.64. The van der Waals surface area contributed by atoms with Crippen LogP contribution in [0.5, 0.6) is 0 Å². The lowest BCUT2D eigenvalue weighted by molar-refractivity contribution is -0.146. The molecule has 0 bridgehead atoms. The van der Waals surface area contributed by atoms with Gasteiger partial charge >= 0.3 is 5.97 Å². The van der Waals surface area contributed by atoms with E-state index in [0.29, 0.717) is 5.69 Å². The van der Waals surface area contributed by atoms with Crippen LogP contribution < -0.4 is 5.32 Å². The Morgan fingerprint density at radius 2 is 2.21 bits per heavy atom. The van der Waals surface area contributed by atoms with Gasteiger partial charge in [-0.25, -0.2) is 4.79 Å². The van der Waals surface area contributed by atoms with Crippen LogP contribution in [0.25, 0.3) is 0 Å². The third-order valence-corrected chi connectivity index (χ3v) is 2.98. The van der Waals surface area contributed by atoms with Crippen LogP contribution in [0.4, 0.5) is 0 Å². The standard InChI is InChI=1S/C12H17BrN2O4/c1-2-5-15-7-8(13)6-9(15)11(17)14-4-3-10(16)12(18)19/h6-7,10,16H,2-5H2,1H3,(H,14,17)(H,18,19)/t10-/m0/s1. The number of nitrogens with zero attached hydrogens (tertiary/aromatic N) is 1. The minimum Gasteiger partial charge on any atom is -0.479 e. The number of halogens is 1. The number of aryl methyl sites for hydroxylation is 1. The molecule has 106 valence electrons. The van der Waals surface area contributed by atoms with Crippen molar-refractivity contribution in [1.82, 2.24) is 9.88 Å². The zero-order chi connectivity index (χ0) is 14.4. The van der Waals surface area contributed by atoms with Crippen LogP contribution in [0.15, 0.2) is 16.7 Å². The van der Waals surface area contributed by atoms with E-state index in [-0.39, 0.29) is 18.9 Å². The molecule has 1 heterocycles. The largest absolute Gasteiger partial charge is 0.479 e. The molecule has 0 aliphatic heterocycles. The second kappa shape index (κ2) is 7.30. The van der Waals surface area contributed by atoms with Crippen molar-refractivity contribution in [3.63, 3.8) is 0 Å². The van der Waals surface area contributed by atoms with Crippen LogP contribution in [-0.2, 0) is 11.3 Å².